The summed E-state index contributed by atoms with van der Waals surface area (Å²) in [6.45, 7) is 0. The summed E-state index contributed by atoms with van der Waals surface area (Å²) in [5, 5.41) is 0. The third-order valence-electron chi connectivity index (χ3n) is 0.500. The molecule has 8 heteroatoms. The molecule has 1 aliphatic rings. The van der Waals surface area contributed by atoms with Crippen LogP contribution in [-0.4, -0.2) is 36.9 Å². The average molecular weight is 115 g/mol. The lowest BCUT2D eigenvalue weighted by Gasteiger charge is -2.07. The minimum Gasteiger partial charge on any atom is -0.458 e. The van der Waals surface area contributed by atoms with Gasteiger partial charge < -0.3 is 19.2 Å². The molecule has 8 heavy (non-hydrogen) atoms. The van der Waals surface area contributed by atoms with Crippen LogP contribution in [0.3, 0.4) is 0 Å². The smallest absolute Gasteiger partial charge is 0.410 e. The van der Waals surface area contributed by atoms with Crippen LogP contribution in [0.25, 0.3) is 0 Å². The summed E-state index contributed by atoms with van der Waals surface area (Å²) in [7, 11) is 1.12. The van der Waals surface area contributed by atoms with Crippen molar-refractivity contribution in [3.63, 3.8) is 0 Å². The van der Waals surface area contributed by atoms with Gasteiger partial charge in [0.05, 0.1) is 8.41 Å². The van der Waals surface area contributed by atoms with Crippen LogP contribution in [0.15, 0.2) is 0 Å². The molecule has 1 rings (SSSR count). The van der Waals surface area contributed by atoms with Crippen LogP contribution in [0.2, 0.25) is 0 Å². The second kappa shape index (κ2) is 7.10. The van der Waals surface area contributed by atoms with Crippen molar-refractivity contribution in [2.75, 3.05) is 0 Å². The highest BCUT2D eigenvalue weighted by atomic mass is 16.7. The van der Waals surface area contributed by atoms with Crippen LogP contribution in [-0.2, 0) is 13.7 Å². The maximum atomic E-state index is 4.62. The lowest BCUT2D eigenvalue weighted by Crippen LogP contribution is -2.23. The second-order valence-electron chi connectivity index (χ2n) is 0.966. The molecule has 0 aromatic carbocycles. The quantitative estimate of drug-likeness (QED) is 0.301. The molecule has 44 valence electrons. The zero-order valence-electron chi connectivity index (χ0n) is 3.85. The van der Waals surface area contributed by atoms with E-state index in [1.165, 1.54) is 0 Å². The predicted molar refractivity (Wildman–Crippen MR) is 38.3 cm³/mol. The third-order valence-corrected chi connectivity index (χ3v) is 0.500. The minimum atomic E-state index is 0. The van der Waals surface area contributed by atoms with E-state index in [0.717, 1.165) is 0 Å². The number of rotatable bonds is 0. The summed E-state index contributed by atoms with van der Waals surface area (Å²) in [6.07, 6.45) is 0. The largest absolute Gasteiger partial charge is 0.458 e. The van der Waals surface area contributed by atoms with E-state index in [0.29, 0.717) is 23.1 Å². The van der Waals surface area contributed by atoms with Crippen LogP contribution in [0, 0.1) is 0 Å². The standard InChI is InChI=1S/B3H3O3.BH3.H2O/c1-4-2-6-3-5-1;;/h1-3H;1H3;1H2. The molecule has 0 atom stereocenters. The summed E-state index contributed by atoms with van der Waals surface area (Å²) < 4.78 is 13.9. The third kappa shape index (κ3) is 4.26. The molecule has 1 fully saturated rings. The molecular formula is H8B4O4. The molecular weight excluding hydrogens is 107 g/mol. The number of hydrogen-bond donors (Lipinski definition) is 0. The molecule has 1 saturated heterocycles. The molecule has 0 aromatic heterocycles. The predicted octanol–water partition coefficient (Wildman–Crippen LogP) is -4.16. The Bertz CT molecular complexity index is 23.5. The Morgan fingerprint density at radius 3 is 1.12 bits per heavy atom. The molecule has 0 unspecified atom stereocenters. The first-order valence-electron chi connectivity index (χ1n) is 1.73. The monoisotopic (exact) mass is 116 g/mol. The topological polar surface area (TPSA) is 59.2 Å². The zero-order valence-corrected chi connectivity index (χ0v) is 3.85. The highest BCUT2D eigenvalue weighted by Gasteiger charge is 2.03. The molecule has 0 saturated carbocycles. The second-order valence-corrected chi connectivity index (χ2v) is 0.966. The van der Waals surface area contributed by atoms with Crippen molar-refractivity contribution in [1.82, 2.24) is 0 Å². The maximum absolute atomic E-state index is 4.62. The van der Waals surface area contributed by atoms with Gasteiger partial charge in [0.2, 0.25) is 0 Å². The van der Waals surface area contributed by atoms with E-state index in [-0.39, 0.29) is 13.9 Å². The van der Waals surface area contributed by atoms with E-state index < -0.39 is 0 Å². The van der Waals surface area contributed by atoms with E-state index in [1.54, 1.807) is 0 Å². The minimum absolute atomic E-state index is 0. The molecule has 0 spiro atoms. The lowest BCUT2D eigenvalue weighted by molar-refractivity contribution is 0.347. The molecule has 0 bridgehead atoms. The Balaban J connectivity index is 0. The first kappa shape index (κ1) is 11.0. The summed E-state index contributed by atoms with van der Waals surface area (Å²) in [6, 6.07) is 0. The summed E-state index contributed by atoms with van der Waals surface area (Å²) in [4.78, 5) is 0. The Morgan fingerprint density at radius 2 is 1.00 bits per heavy atom. The van der Waals surface area contributed by atoms with Crippen molar-refractivity contribution in [3.8, 4) is 0 Å². The number of hydrogen-bond acceptors (Lipinski definition) is 3. The van der Waals surface area contributed by atoms with Crippen molar-refractivity contribution in [3.05, 3.63) is 0 Å². The SMILES string of the molecule is B.B1OBOBO1.O. The molecule has 0 radical (unpaired) electrons. The van der Waals surface area contributed by atoms with E-state index in [9.17, 15) is 0 Å². The Morgan fingerprint density at radius 1 is 0.750 bits per heavy atom. The first-order chi connectivity index (χ1) is 3.00. The molecule has 1 heterocycles. The van der Waals surface area contributed by atoms with E-state index in [4.69, 9.17) is 0 Å². The van der Waals surface area contributed by atoms with Gasteiger partial charge in [-0.2, -0.15) is 0 Å². The highest BCUT2D eigenvalue weighted by Crippen LogP contribution is 1.78. The Hall–Kier alpha value is 0.0997. The normalized spacial score (nSPS) is 15.0. The van der Waals surface area contributed by atoms with Gasteiger partial charge in [-0.3, -0.25) is 0 Å². The molecule has 2 N–H and O–H groups in total. The van der Waals surface area contributed by atoms with Crippen LogP contribution in [0.5, 0.6) is 0 Å². The summed E-state index contributed by atoms with van der Waals surface area (Å²) >= 11 is 0. The van der Waals surface area contributed by atoms with Crippen molar-refractivity contribution in [1.29, 1.82) is 0 Å². The van der Waals surface area contributed by atoms with Gasteiger partial charge >= 0.3 is 23.1 Å². The van der Waals surface area contributed by atoms with E-state index in [2.05, 4.69) is 13.7 Å². The summed E-state index contributed by atoms with van der Waals surface area (Å²) in [5.74, 6) is 0. The van der Waals surface area contributed by atoms with Gasteiger partial charge in [0.25, 0.3) is 0 Å². The van der Waals surface area contributed by atoms with Gasteiger partial charge in [-0.1, -0.05) is 0 Å². The van der Waals surface area contributed by atoms with Crippen molar-refractivity contribution in [2.45, 2.75) is 0 Å². The van der Waals surface area contributed by atoms with Gasteiger partial charge in [0, 0.05) is 0 Å². The van der Waals surface area contributed by atoms with Gasteiger partial charge in [0.15, 0.2) is 0 Å². The molecule has 1 aliphatic heterocycles. The highest BCUT2D eigenvalue weighted by molar-refractivity contribution is 6.50. The van der Waals surface area contributed by atoms with Crippen LogP contribution >= 0.6 is 0 Å². The Kier molecular flexibility index (Phi) is 9.74. The van der Waals surface area contributed by atoms with Crippen molar-refractivity contribution in [2.24, 2.45) is 0 Å². The van der Waals surface area contributed by atoms with E-state index in [1.807, 2.05) is 0 Å². The van der Waals surface area contributed by atoms with Gasteiger partial charge in [-0.15, -0.1) is 0 Å². The van der Waals surface area contributed by atoms with E-state index >= 15 is 0 Å². The lowest BCUT2D eigenvalue weighted by atomic mass is 10.1. The average Bonchev–Trinajstić information content (AvgIpc) is 1.72. The maximum Gasteiger partial charge on any atom is 0.410 e. The van der Waals surface area contributed by atoms with Gasteiger partial charge in [0.1, 0.15) is 0 Å². The fourth-order valence-electron chi connectivity index (χ4n) is 0.279. The van der Waals surface area contributed by atoms with Crippen LogP contribution < -0.4 is 0 Å². The zero-order chi connectivity index (χ0) is 4.24. The Labute approximate surface area is 51.7 Å². The van der Waals surface area contributed by atoms with Crippen molar-refractivity contribution >= 4 is 31.5 Å². The van der Waals surface area contributed by atoms with Crippen LogP contribution in [0.4, 0.5) is 0 Å². The molecule has 0 amide bonds. The van der Waals surface area contributed by atoms with Crippen molar-refractivity contribution < 1.29 is 19.2 Å². The molecule has 0 aliphatic carbocycles. The van der Waals surface area contributed by atoms with Crippen LogP contribution in [0.1, 0.15) is 0 Å². The fourth-order valence-corrected chi connectivity index (χ4v) is 0.279. The molecule has 0 aromatic rings. The first-order valence-corrected chi connectivity index (χ1v) is 1.73. The summed E-state index contributed by atoms with van der Waals surface area (Å²) in [5.41, 5.74) is 0. The fraction of sp³-hybridized carbons (Fsp3) is 0. The van der Waals surface area contributed by atoms with Gasteiger partial charge in [-0.25, -0.2) is 0 Å². The van der Waals surface area contributed by atoms with Gasteiger partial charge in [-0.05, 0) is 0 Å². The molecule has 4 nitrogen and oxygen atoms in total.